The first-order chi connectivity index (χ1) is 11.1. The maximum atomic E-state index is 12.1. The van der Waals surface area contributed by atoms with Crippen molar-refractivity contribution in [3.05, 3.63) is 41.3 Å². The van der Waals surface area contributed by atoms with Crippen molar-refractivity contribution in [2.45, 2.75) is 24.9 Å². The molecule has 8 heteroatoms. The monoisotopic (exact) mass is 349 g/mol. The van der Waals surface area contributed by atoms with Gasteiger partial charge in [-0.05, 0) is 26.0 Å². The second-order valence-corrected chi connectivity index (χ2v) is 7.07. The third kappa shape index (κ3) is 4.02. The zero-order valence-electron chi connectivity index (χ0n) is 12.6. The number of carbonyl (C=O) groups is 1. The Bertz CT molecular complexity index is 780. The van der Waals surface area contributed by atoms with E-state index in [0.29, 0.717) is 17.3 Å². The van der Waals surface area contributed by atoms with Crippen molar-refractivity contribution < 1.29 is 13.7 Å². The highest BCUT2D eigenvalue weighted by Gasteiger charge is 2.16. The molecule has 0 aromatic carbocycles. The number of hydrogen-bond acceptors (Lipinski definition) is 7. The molecule has 1 amide bonds. The first-order valence-corrected chi connectivity index (χ1v) is 8.89. The molecule has 3 aromatic heterocycles. The quantitative estimate of drug-likeness (QED) is 0.725. The summed E-state index contributed by atoms with van der Waals surface area (Å²) in [6.07, 6.45) is 1.63. The molecule has 3 aromatic rings. The van der Waals surface area contributed by atoms with E-state index in [1.54, 1.807) is 19.3 Å². The van der Waals surface area contributed by atoms with E-state index in [2.05, 4.69) is 15.5 Å². The van der Waals surface area contributed by atoms with E-state index in [1.165, 1.54) is 23.1 Å². The third-order valence-electron chi connectivity index (χ3n) is 3.01. The molecular formula is C15H15N3O3S2. The second kappa shape index (κ2) is 7.01. The first-order valence-electron chi connectivity index (χ1n) is 6.96. The molecule has 3 rings (SSSR count). The molecule has 0 saturated carbocycles. The number of nitrogens with zero attached hydrogens (tertiary/aromatic N) is 2. The summed E-state index contributed by atoms with van der Waals surface area (Å²) in [7, 11) is 0. The lowest BCUT2D eigenvalue weighted by Gasteiger charge is -2.09. The van der Waals surface area contributed by atoms with Gasteiger partial charge < -0.3 is 14.3 Å². The van der Waals surface area contributed by atoms with Crippen LogP contribution in [0.2, 0.25) is 0 Å². The minimum absolute atomic E-state index is 0.107. The lowest BCUT2D eigenvalue weighted by molar-refractivity contribution is -0.115. The number of aromatic nitrogens is 2. The molecule has 0 aliphatic carbocycles. The van der Waals surface area contributed by atoms with Crippen LogP contribution in [0.3, 0.4) is 0 Å². The minimum atomic E-state index is -0.222. The van der Waals surface area contributed by atoms with Crippen molar-refractivity contribution in [3.8, 4) is 10.8 Å². The van der Waals surface area contributed by atoms with Crippen molar-refractivity contribution in [2.75, 3.05) is 5.32 Å². The number of thioether (sulfide) groups is 1. The number of rotatable bonds is 6. The summed E-state index contributed by atoms with van der Waals surface area (Å²) >= 11 is 3.05. The van der Waals surface area contributed by atoms with Gasteiger partial charge >= 0.3 is 0 Å². The molecule has 0 aliphatic rings. The number of anilines is 1. The Kier molecular flexibility index (Phi) is 4.82. The topological polar surface area (TPSA) is 81.2 Å². The Morgan fingerprint density at radius 1 is 1.52 bits per heavy atom. The molecule has 1 N–H and O–H groups in total. The van der Waals surface area contributed by atoms with Crippen molar-refractivity contribution in [1.29, 1.82) is 0 Å². The molecule has 120 valence electrons. The first kappa shape index (κ1) is 15.8. The van der Waals surface area contributed by atoms with Crippen LogP contribution in [0.1, 0.15) is 18.4 Å². The molecule has 23 heavy (non-hydrogen) atoms. The predicted molar refractivity (Wildman–Crippen MR) is 90.4 cm³/mol. The fourth-order valence-electron chi connectivity index (χ4n) is 1.83. The van der Waals surface area contributed by atoms with Gasteiger partial charge in [0, 0.05) is 17.2 Å². The number of nitrogens with one attached hydrogen (secondary N) is 1. The van der Waals surface area contributed by atoms with Gasteiger partial charge in [0.2, 0.25) is 5.91 Å². The van der Waals surface area contributed by atoms with Gasteiger partial charge in [0.15, 0.2) is 16.6 Å². The summed E-state index contributed by atoms with van der Waals surface area (Å²) in [5.74, 6) is 2.41. The van der Waals surface area contributed by atoms with Crippen LogP contribution in [0.15, 0.2) is 38.8 Å². The molecule has 0 aliphatic heterocycles. The summed E-state index contributed by atoms with van der Waals surface area (Å²) < 4.78 is 10.2. The van der Waals surface area contributed by atoms with E-state index in [9.17, 15) is 4.79 Å². The van der Waals surface area contributed by atoms with Crippen LogP contribution in [0, 0.1) is 6.92 Å². The van der Waals surface area contributed by atoms with Crippen LogP contribution < -0.4 is 5.32 Å². The predicted octanol–water partition coefficient (Wildman–Crippen LogP) is 3.96. The van der Waals surface area contributed by atoms with Crippen molar-refractivity contribution >= 4 is 34.8 Å². The van der Waals surface area contributed by atoms with Crippen LogP contribution in [0.25, 0.3) is 10.8 Å². The standard InChI is InChI=1S/C15H15N3O3S2/c1-9-6-13(18-21-9)17-14(19)10(2)22-7-11-8-23-15(16-11)12-4-3-5-20-12/h3-6,8,10H,7H2,1-2H3,(H,17,18,19). The van der Waals surface area contributed by atoms with Crippen molar-refractivity contribution in [1.82, 2.24) is 10.1 Å². The lowest BCUT2D eigenvalue weighted by Crippen LogP contribution is -2.22. The number of amides is 1. The zero-order chi connectivity index (χ0) is 16.2. The number of hydrogen-bond donors (Lipinski definition) is 1. The molecule has 1 unspecified atom stereocenters. The maximum absolute atomic E-state index is 12.1. The second-order valence-electron chi connectivity index (χ2n) is 4.89. The Balaban J connectivity index is 1.52. The number of furan rings is 1. The van der Waals surface area contributed by atoms with Crippen LogP contribution in [-0.2, 0) is 10.5 Å². The zero-order valence-corrected chi connectivity index (χ0v) is 14.2. The highest BCUT2D eigenvalue weighted by Crippen LogP contribution is 2.27. The van der Waals surface area contributed by atoms with Gasteiger partial charge in [-0.3, -0.25) is 4.79 Å². The van der Waals surface area contributed by atoms with Gasteiger partial charge in [-0.15, -0.1) is 23.1 Å². The summed E-state index contributed by atoms with van der Waals surface area (Å²) in [5, 5.41) is 9.09. The van der Waals surface area contributed by atoms with E-state index >= 15 is 0 Å². The lowest BCUT2D eigenvalue weighted by atomic mass is 10.4. The van der Waals surface area contributed by atoms with Gasteiger partial charge in [0.05, 0.1) is 17.2 Å². The fourth-order valence-corrected chi connectivity index (χ4v) is 3.50. The van der Waals surface area contributed by atoms with Gasteiger partial charge in [-0.25, -0.2) is 4.98 Å². The average Bonchev–Trinajstić information content (AvgIpc) is 3.26. The number of aryl methyl sites for hydroxylation is 1. The molecule has 1 atom stereocenters. The molecule has 0 radical (unpaired) electrons. The molecule has 0 fully saturated rings. The van der Waals surface area contributed by atoms with Crippen molar-refractivity contribution in [3.63, 3.8) is 0 Å². The van der Waals surface area contributed by atoms with Crippen LogP contribution >= 0.6 is 23.1 Å². The summed E-state index contributed by atoms with van der Waals surface area (Å²) in [6, 6.07) is 5.40. The third-order valence-corrected chi connectivity index (χ3v) is 5.10. The molecule has 0 bridgehead atoms. The van der Waals surface area contributed by atoms with E-state index < -0.39 is 0 Å². The summed E-state index contributed by atoms with van der Waals surface area (Å²) in [5.41, 5.74) is 0.934. The van der Waals surface area contributed by atoms with Gasteiger partial charge in [-0.1, -0.05) is 5.16 Å². The molecule has 0 spiro atoms. The molecule has 3 heterocycles. The largest absolute Gasteiger partial charge is 0.462 e. The SMILES string of the molecule is Cc1cc(NC(=O)C(C)SCc2csc(-c3ccco3)n2)no1. The maximum Gasteiger partial charge on any atom is 0.238 e. The molecule has 0 saturated heterocycles. The number of carbonyl (C=O) groups excluding carboxylic acids is 1. The highest BCUT2D eigenvalue weighted by atomic mass is 32.2. The Labute approximate surface area is 141 Å². The van der Waals surface area contributed by atoms with E-state index in [0.717, 1.165) is 16.5 Å². The smallest absolute Gasteiger partial charge is 0.238 e. The van der Waals surface area contributed by atoms with Gasteiger partial charge in [0.1, 0.15) is 5.76 Å². The van der Waals surface area contributed by atoms with E-state index in [4.69, 9.17) is 8.94 Å². The van der Waals surface area contributed by atoms with Crippen molar-refractivity contribution in [2.24, 2.45) is 0 Å². The highest BCUT2D eigenvalue weighted by molar-refractivity contribution is 7.99. The summed E-state index contributed by atoms with van der Waals surface area (Å²) in [6.45, 7) is 3.63. The molecule has 6 nitrogen and oxygen atoms in total. The minimum Gasteiger partial charge on any atom is -0.462 e. The van der Waals surface area contributed by atoms with Crippen LogP contribution in [-0.4, -0.2) is 21.3 Å². The van der Waals surface area contributed by atoms with E-state index in [1.807, 2.05) is 24.4 Å². The molecular weight excluding hydrogens is 334 g/mol. The van der Waals surface area contributed by atoms with E-state index in [-0.39, 0.29) is 11.2 Å². The Morgan fingerprint density at radius 2 is 2.39 bits per heavy atom. The van der Waals surface area contributed by atoms with Gasteiger partial charge in [0.25, 0.3) is 0 Å². The Morgan fingerprint density at radius 3 is 3.09 bits per heavy atom. The van der Waals surface area contributed by atoms with Gasteiger partial charge in [-0.2, -0.15) is 0 Å². The normalized spacial score (nSPS) is 12.3. The average molecular weight is 349 g/mol. The van der Waals surface area contributed by atoms with Crippen LogP contribution in [0.4, 0.5) is 5.82 Å². The Hall–Kier alpha value is -2.06. The number of thiazole rings is 1. The van der Waals surface area contributed by atoms with Crippen LogP contribution in [0.5, 0.6) is 0 Å². The fraction of sp³-hybridized carbons (Fsp3) is 0.267. The summed E-state index contributed by atoms with van der Waals surface area (Å²) in [4.78, 5) is 16.6.